The first kappa shape index (κ1) is 23.6. The lowest BCUT2D eigenvalue weighted by atomic mass is 9.90. The number of amides is 2. The molecular weight excluding hydrogens is 442 g/mol. The van der Waals surface area contributed by atoms with Crippen LogP contribution in [0.15, 0.2) is 84.9 Å². The summed E-state index contributed by atoms with van der Waals surface area (Å²) in [6.45, 7) is 3.73. The molecule has 174 valence electrons. The molecule has 0 bridgehead atoms. The van der Waals surface area contributed by atoms with Gasteiger partial charge >= 0.3 is 0 Å². The van der Waals surface area contributed by atoms with Crippen LogP contribution in [0.2, 0.25) is 0 Å². The number of anilines is 1. The van der Waals surface area contributed by atoms with E-state index in [1.54, 1.807) is 6.07 Å². The van der Waals surface area contributed by atoms with Crippen molar-refractivity contribution >= 4 is 34.8 Å². The zero-order chi connectivity index (χ0) is 23.9. The maximum absolute atomic E-state index is 13.3. The summed E-state index contributed by atoms with van der Waals surface area (Å²) in [7, 11) is 0. The molecule has 2 N–H and O–H groups in total. The lowest BCUT2D eigenvalue weighted by molar-refractivity contribution is -0.120. The van der Waals surface area contributed by atoms with Gasteiger partial charge in [-0.1, -0.05) is 79.7 Å². The topological polar surface area (TPSA) is 61.4 Å². The number of carbonyl (C=O) groups is 2. The van der Waals surface area contributed by atoms with Crippen molar-refractivity contribution in [1.82, 2.24) is 10.2 Å². The van der Waals surface area contributed by atoms with E-state index in [9.17, 15) is 9.59 Å². The molecule has 3 aromatic carbocycles. The van der Waals surface area contributed by atoms with Gasteiger partial charge in [0.1, 0.15) is 0 Å². The second-order valence-corrected chi connectivity index (χ2v) is 9.13. The summed E-state index contributed by atoms with van der Waals surface area (Å²) in [5.41, 5.74) is 2.90. The normalized spacial score (nSPS) is 14.0. The van der Waals surface area contributed by atoms with Crippen LogP contribution in [-0.4, -0.2) is 34.9 Å². The first-order chi connectivity index (χ1) is 16.5. The van der Waals surface area contributed by atoms with Crippen LogP contribution in [-0.2, 0) is 4.79 Å². The van der Waals surface area contributed by atoms with E-state index < -0.39 is 5.92 Å². The van der Waals surface area contributed by atoms with Crippen LogP contribution >= 0.6 is 12.2 Å². The Morgan fingerprint density at radius 2 is 1.38 bits per heavy atom. The smallest absolute Gasteiger partial charge is 0.255 e. The lowest BCUT2D eigenvalue weighted by Crippen LogP contribution is -2.40. The van der Waals surface area contributed by atoms with Crippen LogP contribution in [0, 0.1) is 5.92 Å². The zero-order valence-corrected chi connectivity index (χ0v) is 20.1. The average molecular weight is 472 g/mol. The molecular formula is C28H29N3O2S. The molecule has 0 atom stereocenters. The predicted octanol–water partition coefficient (Wildman–Crippen LogP) is 5.20. The number of nitrogens with one attached hydrogen (secondary N) is 2. The van der Waals surface area contributed by atoms with Gasteiger partial charge in [-0.05, 0) is 54.2 Å². The fraction of sp³-hybridized carbons (Fsp3) is 0.250. The van der Waals surface area contributed by atoms with Gasteiger partial charge in [0.2, 0.25) is 5.91 Å². The van der Waals surface area contributed by atoms with Crippen molar-refractivity contribution in [1.29, 1.82) is 0 Å². The molecule has 4 rings (SSSR count). The molecule has 1 heterocycles. The van der Waals surface area contributed by atoms with E-state index in [-0.39, 0.29) is 16.9 Å². The molecule has 0 aliphatic carbocycles. The van der Waals surface area contributed by atoms with Gasteiger partial charge < -0.3 is 15.5 Å². The molecule has 1 fully saturated rings. The van der Waals surface area contributed by atoms with E-state index in [4.69, 9.17) is 12.2 Å². The van der Waals surface area contributed by atoms with Crippen LogP contribution in [0.1, 0.15) is 47.2 Å². The monoisotopic (exact) mass is 471 g/mol. The first-order valence-corrected chi connectivity index (χ1v) is 12.0. The van der Waals surface area contributed by atoms with Gasteiger partial charge in [0.25, 0.3) is 5.91 Å². The van der Waals surface area contributed by atoms with E-state index in [2.05, 4.69) is 17.6 Å². The van der Waals surface area contributed by atoms with E-state index in [0.29, 0.717) is 17.2 Å². The van der Waals surface area contributed by atoms with Crippen molar-refractivity contribution < 1.29 is 9.59 Å². The Morgan fingerprint density at radius 3 is 1.97 bits per heavy atom. The summed E-state index contributed by atoms with van der Waals surface area (Å²) < 4.78 is 0. The summed E-state index contributed by atoms with van der Waals surface area (Å²) in [6.07, 6.45) is 2.02. The SMILES string of the molecule is CC1CCN(C(=O)c2ccccc2NC(=S)NC(=O)C(c2ccccc2)c2ccccc2)CC1. The number of para-hydroxylation sites is 1. The summed E-state index contributed by atoms with van der Waals surface area (Å²) in [4.78, 5) is 28.4. The lowest BCUT2D eigenvalue weighted by Gasteiger charge is -2.31. The second-order valence-electron chi connectivity index (χ2n) is 8.72. The van der Waals surface area contributed by atoms with E-state index >= 15 is 0 Å². The van der Waals surface area contributed by atoms with Crippen LogP contribution in [0.3, 0.4) is 0 Å². The van der Waals surface area contributed by atoms with Gasteiger partial charge in [0, 0.05) is 13.1 Å². The van der Waals surface area contributed by atoms with E-state index in [1.807, 2.05) is 83.8 Å². The first-order valence-electron chi connectivity index (χ1n) is 11.6. The van der Waals surface area contributed by atoms with Gasteiger partial charge in [-0.3, -0.25) is 9.59 Å². The number of piperidine rings is 1. The molecule has 34 heavy (non-hydrogen) atoms. The standard InChI is InChI=1S/C28H29N3O2S/c1-20-16-18-31(19-17-20)27(33)23-14-8-9-15-24(23)29-28(34)30-26(32)25(21-10-4-2-5-11-21)22-12-6-3-7-13-22/h2-15,20,25H,16-19H2,1H3,(H2,29,30,32,34). The summed E-state index contributed by atoms with van der Waals surface area (Å²) in [6, 6.07) is 26.5. The van der Waals surface area contributed by atoms with Crippen LogP contribution in [0.4, 0.5) is 5.69 Å². The third-order valence-electron chi connectivity index (χ3n) is 6.24. The number of likely N-dealkylation sites (tertiary alicyclic amines) is 1. The predicted molar refractivity (Wildman–Crippen MR) is 140 cm³/mol. The third-order valence-corrected chi connectivity index (χ3v) is 6.45. The van der Waals surface area contributed by atoms with Crippen molar-refractivity contribution in [2.45, 2.75) is 25.7 Å². The van der Waals surface area contributed by atoms with Gasteiger partial charge in [-0.15, -0.1) is 0 Å². The van der Waals surface area contributed by atoms with Crippen LogP contribution < -0.4 is 10.6 Å². The molecule has 2 amide bonds. The fourth-order valence-electron chi connectivity index (χ4n) is 4.28. The Balaban J connectivity index is 1.49. The molecule has 6 heteroatoms. The zero-order valence-electron chi connectivity index (χ0n) is 19.2. The number of nitrogens with zero attached hydrogens (tertiary/aromatic N) is 1. The van der Waals surface area contributed by atoms with Gasteiger partial charge in [0.05, 0.1) is 17.2 Å². The second kappa shape index (κ2) is 11.1. The third kappa shape index (κ3) is 5.69. The van der Waals surface area contributed by atoms with E-state index in [0.717, 1.165) is 37.1 Å². The number of thiocarbonyl (C=S) groups is 1. The Kier molecular flexibility index (Phi) is 7.70. The highest BCUT2D eigenvalue weighted by Crippen LogP contribution is 2.25. The summed E-state index contributed by atoms with van der Waals surface area (Å²) in [5, 5.41) is 6.07. The maximum Gasteiger partial charge on any atom is 0.255 e. The molecule has 0 spiro atoms. The Labute approximate surface area is 206 Å². The minimum absolute atomic E-state index is 0.0180. The summed E-state index contributed by atoms with van der Waals surface area (Å²) >= 11 is 5.48. The number of rotatable bonds is 5. The number of hydrogen-bond acceptors (Lipinski definition) is 3. The van der Waals surface area contributed by atoms with Gasteiger partial charge in [-0.2, -0.15) is 0 Å². The Bertz CT molecular complexity index is 1100. The number of carbonyl (C=O) groups excluding carboxylic acids is 2. The molecule has 0 saturated carbocycles. The highest BCUT2D eigenvalue weighted by Gasteiger charge is 2.25. The summed E-state index contributed by atoms with van der Waals surface area (Å²) in [5.74, 6) is -0.115. The van der Waals surface area contributed by atoms with Gasteiger partial charge in [0.15, 0.2) is 5.11 Å². The molecule has 0 aromatic heterocycles. The van der Waals surface area contributed by atoms with Crippen molar-refractivity contribution in [2.24, 2.45) is 5.92 Å². The minimum Gasteiger partial charge on any atom is -0.339 e. The average Bonchev–Trinajstić information content (AvgIpc) is 2.86. The van der Waals surface area contributed by atoms with E-state index in [1.165, 1.54) is 0 Å². The van der Waals surface area contributed by atoms with Gasteiger partial charge in [-0.25, -0.2) is 0 Å². The molecule has 3 aromatic rings. The van der Waals surface area contributed by atoms with Crippen molar-refractivity contribution in [3.05, 3.63) is 102 Å². The number of benzene rings is 3. The minimum atomic E-state index is -0.505. The van der Waals surface area contributed by atoms with Crippen molar-refractivity contribution in [2.75, 3.05) is 18.4 Å². The fourth-order valence-corrected chi connectivity index (χ4v) is 4.49. The molecule has 0 unspecified atom stereocenters. The Morgan fingerprint density at radius 1 is 0.853 bits per heavy atom. The quantitative estimate of drug-likeness (QED) is 0.502. The van der Waals surface area contributed by atoms with Crippen molar-refractivity contribution in [3.63, 3.8) is 0 Å². The highest BCUT2D eigenvalue weighted by molar-refractivity contribution is 7.80. The molecule has 5 nitrogen and oxygen atoms in total. The molecule has 0 radical (unpaired) electrons. The van der Waals surface area contributed by atoms with Crippen LogP contribution in [0.5, 0.6) is 0 Å². The molecule has 1 saturated heterocycles. The maximum atomic E-state index is 13.3. The van der Waals surface area contributed by atoms with Crippen molar-refractivity contribution in [3.8, 4) is 0 Å². The molecule has 1 aliphatic rings. The van der Waals surface area contributed by atoms with Crippen LogP contribution in [0.25, 0.3) is 0 Å². The highest BCUT2D eigenvalue weighted by atomic mass is 32.1. The largest absolute Gasteiger partial charge is 0.339 e. The Hall–Kier alpha value is -3.51. The molecule has 1 aliphatic heterocycles. The number of hydrogen-bond donors (Lipinski definition) is 2.